The highest BCUT2D eigenvalue weighted by molar-refractivity contribution is 6.32. The fraction of sp³-hybridized carbons (Fsp3) is 0.261. The van der Waals surface area contributed by atoms with Gasteiger partial charge < -0.3 is 25.0 Å². The zero-order chi connectivity index (χ0) is 20.9. The minimum Gasteiger partial charge on any atom is -0.497 e. The number of aromatic nitrogens is 1. The molecule has 1 saturated heterocycles. The molecule has 2 N–H and O–H groups in total. The maximum absolute atomic E-state index is 6.47. The molecular formula is C23H25ClN4O2. The Morgan fingerprint density at radius 1 is 1.07 bits per heavy atom. The number of anilines is 3. The molecule has 1 aromatic heterocycles. The molecule has 4 rings (SSSR count). The maximum Gasteiger partial charge on any atom is 0.146 e. The van der Waals surface area contributed by atoms with Crippen molar-refractivity contribution in [3.05, 3.63) is 65.9 Å². The van der Waals surface area contributed by atoms with Crippen molar-refractivity contribution in [2.24, 2.45) is 0 Å². The van der Waals surface area contributed by atoms with Crippen LogP contribution in [0.2, 0.25) is 5.02 Å². The molecule has 0 radical (unpaired) electrons. The molecule has 156 valence electrons. The molecule has 2 aromatic carbocycles. The summed E-state index contributed by atoms with van der Waals surface area (Å²) in [6.45, 7) is 2.14. The molecule has 0 aliphatic carbocycles. The Bertz CT molecular complexity index is 997. The lowest BCUT2D eigenvalue weighted by Crippen LogP contribution is -2.23. The van der Waals surface area contributed by atoms with E-state index < -0.39 is 0 Å². The van der Waals surface area contributed by atoms with Crippen molar-refractivity contribution in [3.8, 4) is 17.2 Å². The van der Waals surface area contributed by atoms with Crippen molar-refractivity contribution in [3.63, 3.8) is 0 Å². The van der Waals surface area contributed by atoms with E-state index in [9.17, 15) is 0 Å². The molecular weight excluding hydrogens is 400 g/mol. The molecule has 1 aliphatic heterocycles. The second-order valence-electron chi connectivity index (χ2n) is 7.36. The summed E-state index contributed by atoms with van der Waals surface area (Å²) in [5, 5.41) is 7.55. The molecule has 0 saturated carbocycles. The number of hydrogen-bond acceptors (Lipinski definition) is 6. The summed E-state index contributed by atoms with van der Waals surface area (Å²) in [4.78, 5) is 6.59. The van der Waals surface area contributed by atoms with Crippen LogP contribution < -0.4 is 20.1 Å². The van der Waals surface area contributed by atoms with Gasteiger partial charge in [0.1, 0.15) is 17.2 Å². The van der Waals surface area contributed by atoms with E-state index in [2.05, 4.69) is 27.6 Å². The largest absolute Gasteiger partial charge is 0.497 e. The van der Waals surface area contributed by atoms with E-state index in [0.29, 0.717) is 22.6 Å². The van der Waals surface area contributed by atoms with E-state index in [1.165, 1.54) is 0 Å². The Kier molecular flexibility index (Phi) is 6.26. The van der Waals surface area contributed by atoms with Gasteiger partial charge in [-0.3, -0.25) is 4.98 Å². The van der Waals surface area contributed by atoms with Crippen LogP contribution in [0.5, 0.6) is 17.2 Å². The lowest BCUT2D eigenvalue weighted by Gasteiger charge is -2.18. The predicted octanol–water partition coefficient (Wildman–Crippen LogP) is 5.40. The zero-order valence-corrected chi connectivity index (χ0v) is 17.8. The number of pyridine rings is 1. The monoisotopic (exact) mass is 424 g/mol. The van der Waals surface area contributed by atoms with Gasteiger partial charge in [0, 0.05) is 24.5 Å². The third-order valence-electron chi connectivity index (χ3n) is 5.07. The van der Waals surface area contributed by atoms with Gasteiger partial charge in [-0.15, -0.1) is 0 Å². The van der Waals surface area contributed by atoms with Crippen molar-refractivity contribution in [1.29, 1.82) is 0 Å². The smallest absolute Gasteiger partial charge is 0.146 e. The second-order valence-corrected chi connectivity index (χ2v) is 7.77. The van der Waals surface area contributed by atoms with E-state index in [-0.39, 0.29) is 0 Å². The molecule has 1 atom stereocenters. The number of methoxy groups -OCH3 is 1. The number of hydrogen-bond donors (Lipinski definition) is 2. The van der Waals surface area contributed by atoms with Crippen LogP contribution in [0.1, 0.15) is 6.42 Å². The first-order valence-electron chi connectivity index (χ1n) is 9.88. The Balaban J connectivity index is 1.46. The quantitative estimate of drug-likeness (QED) is 0.530. The van der Waals surface area contributed by atoms with Gasteiger partial charge in [0.25, 0.3) is 0 Å². The lowest BCUT2D eigenvalue weighted by molar-refractivity contribution is 0.413. The number of benzene rings is 2. The van der Waals surface area contributed by atoms with Crippen LogP contribution in [0.4, 0.5) is 17.1 Å². The predicted molar refractivity (Wildman–Crippen MR) is 122 cm³/mol. The number of rotatable bonds is 7. The van der Waals surface area contributed by atoms with Crippen molar-refractivity contribution in [2.75, 3.05) is 37.9 Å². The first-order valence-corrected chi connectivity index (χ1v) is 10.3. The molecule has 6 nitrogen and oxygen atoms in total. The van der Waals surface area contributed by atoms with Crippen molar-refractivity contribution < 1.29 is 9.47 Å². The van der Waals surface area contributed by atoms with E-state index in [0.717, 1.165) is 42.3 Å². The van der Waals surface area contributed by atoms with Gasteiger partial charge in [-0.2, -0.15) is 0 Å². The average molecular weight is 425 g/mol. The molecule has 1 unspecified atom stereocenters. The van der Waals surface area contributed by atoms with Crippen LogP contribution in [-0.4, -0.2) is 43.2 Å². The third kappa shape index (κ3) is 4.96. The van der Waals surface area contributed by atoms with Crippen LogP contribution >= 0.6 is 11.6 Å². The minimum atomic E-state index is 0.432. The SMILES string of the molecule is COc1ccc(Oc2ccc(Nc3cnccc3NC3CCN(C)C3)cc2Cl)cc1. The van der Waals surface area contributed by atoms with Crippen LogP contribution in [0.3, 0.4) is 0 Å². The fourth-order valence-corrected chi connectivity index (χ4v) is 3.70. The summed E-state index contributed by atoms with van der Waals surface area (Å²) in [5.74, 6) is 2.06. The summed E-state index contributed by atoms with van der Waals surface area (Å²) in [7, 11) is 3.78. The Morgan fingerprint density at radius 3 is 2.57 bits per heavy atom. The van der Waals surface area contributed by atoms with Gasteiger partial charge in [0.05, 0.1) is 29.7 Å². The zero-order valence-electron chi connectivity index (χ0n) is 17.1. The Hall–Kier alpha value is -2.96. The molecule has 30 heavy (non-hydrogen) atoms. The lowest BCUT2D eigenvalue weighted by atomic mass is 10.2. The molecule has 2 heterocycles. The highest BCUT2D eigenvalue weighted by atomic mass is 35.5. The van der Waals surface area contributed by atoms with E-state index >= 15 is 0 Å². The summed E-state index contributed by atoms with van der Waals surface area (Å²) in [6.07, 6.45) is 4.74. The number of nitrogens with zero attached hydrogens (tertiary/aromatic N) is 2. The standard InChI is InChI=1S/C23H25ClN4O2/c1-28-12-10-17(15-28)27-21-9-11-25-14-22(21)26-16-3-8-23(20(24)13-16)30-19-6-4-18(29-2)5-7-19/h3-9,11,13-14,17,26H,10,12,15H2,1-2H3,(H,25,27). The van der Waals surface area contributed by atoms with Gasteiger partial charge in [0.15, 0.2) is 0 Å². The number of nitrogens with one attached hydrogen (secondary N) is 2. The third-order valence-corrected chi connectivity index (χ3v) is 5.37. The van der Waals surface area contributed by atoms with Gasteiger partial charge >= 0.3 is 0 Å². The number of ether oxygens (including phenoxy) is 2. The van der Waals surface area contributed by atoms with E-state index in [1.807, 2.05) is 54.7 Å². The van der Waals surface area contributed by atoms with Crippen molar-refractivity contribution >= 4 is 28.7 Å². The molecule has 0 amide bonds. The number of likely N-dealkylation sites (tertiary alicyclic amines) is 1. The van der Waals surface area contributed by atoms with Crippen LogP contribution in [-0.2, 0) is 0 Å². The summed E-state index contributed by atoms with van der Waals surface area (Å²) in [6, 6.07) is 15.4. The van der Waals surface area contributed by atoms with Crippen molar-refractivity contribution in [1.82, 2.24) is 9.88 Å². The molecule has 3 aromatic rings. The average Bonchev–Trinajstić information content (AvgIpc) is 3.16. The topological polar surface area (TPSA) is 58.7 Å². The molecule has 1 aliphatic rings. The van der Waals surface area contributed by atoms with Crippen LogP contribution in [0.25, 0.3) is 0 Å². The highest BCUT2D eigenvalue weighted by Gasteiger charge is 2.20. The molecule has 7 heteroatoms. The molecule has 1 fully saturated rings. The van der Waals surface area contributed by atoms with E-state index in [4.69, 9.17) is 21.1 Å². The van der Waals surface area contributed by atoms with Gasteiger partial charge in [0.2, 0.25) is 0 Å². The fourth-order valence-electron chi connectivity index (χ4n) is 3.48. The highest BCUT2D eigenvalue weighted by Crippen LogP contribution is 2.34. The normalized spacial score (nSPS) is 16.3. The minimum absolute atomic E-state index is 0.432. The maximum atomic E-state index is 6.47. The Labute approximate surface area is 181 Å². The van der Waals surface area contributed by atoms with Crippen molar-refractivity contribution in [2.45, 2.75) is 12.5 Å². The van der Waals surface area contributed by atoms with Crippen LogP contribution in [0.15, 0.2) is 60.9 Å². The molecule has 0 bridgehead atoms. The summed E-state index contributed by atoms with van der Waals surface area (Å²) in [5.41, 5.74) is 2.80. The van der Waals surface area contributed by atoms with Gasteiger partial charge in [-0.25, -0.2) is 0 Å². The number of likely N-dealkylation sites (N-methyl/N-ethyl adjacent to an activating group) is 1. The van der Waals surface area contributed by atoms with Crippen LogP contribution in [0, 0.1) is 0 Å². The first kappa shape index (κ1) is 20.3. The summed E-state index contributed by atoms with van der Waals surface area (Å²) >= 11 is 6.47. The van der Waals surface area contributed by atoms with Gasteiger partial charge in [-0.1, -0.05) is 11.6 Å². The van der Waals surface area contributed by atoms with Gasteiger partial charge in [-0.05, 0) is 68.5 Å². The summed E-state index contributed by atoms with van der Waals surface area (Å²) < 4.78 is 11.1. The first-order chi connectivity index (χ1) is 14.6. The molecule has 0 spiro atoms. The Morgan fingerprint density at radius 2 is 1.87 bits per heavy atom. The second kappa shape index (κ2) is 9.24. The van der Waals surface area contributed by atoms with E-state index in [1.54, 1.807) is 13.3 Å². The number of halogens is 1.